The Balaban J connectivity index is 1.69. The van der Waals surface area contributed by atoms with Crippen molar-refractivity contribution < 1.29 is 4.52 Å². The summed E-state index contributed by atoms with van der Waals surface area (Å²) in [5.74, 6) is 0.665. The Morgan fingerprint density at radius 1 is 1.12 bits per heavy atom. The molecule has 0 amide bonds. The first-order valence-corrected chi connectivity index (χ1v) is 9.55. The molecule has 0 radical (unpaired) electrons. The largest absolute Gasteiger partial charge is 0.339 e. The zero-order chi connectivity index (χ0) is 18.3. The lowest BCUT2D eigenvalue weighted by Crippen LogP contribution is -2.09. The summed E-state index contributed by atoms with van der Waals surface area (Å²) in [6, 6.07) is 13.0. The molecule has 4 aromatic rings. The number of hydrogen-bond acceptors (Lipinski definition) is 4. The molecule has 5 nitrogen and oxygen atoms in total. The predicted molar refractivity (Wildman–Crippen MR) is 108 cm³/mol. The van der Waals surface area contributed by atoms with Crippen molar-refractivity contribution in [2.24, 2.45) is 0 Å². The van der Waals surface area contributed by atoms with Gasteiger partial charge in [-0.2, -0.15) is 4.98 Å². The third-order valence-electron chi connectivity index (χ3n) is 3.85. The summed E-state index contributed by atoms with van der Waals surface area (Å²) in [5.41, 5.74) is 1.78. The smallest absolute Gasteiger partial charge is 0.259 e. The van der Waals surface area contributed by atoms with Gasteiger partial charge in [-0.1, -0.05) is 38.8 Å². The second kappa shape index (κ2) is 6.98. The lowest BCUT2D eigenvalue weighted by atomic mass is 10.1. The topological polar surface area (TPSA) is 71.8 Å². The minimum Gasteiger partial charge on any atom is -0.339 e. The molecule has 0 aliphatic rings. The first kappa shape index (κ1) is 17.5. The van der Waals surface area contributed by atoms with Gasteiger partial charge >= 0.3 is 0 Å². The van der Waals surface area contributed by atoms with Crippen LogP contribution in [-0.2, 0) is 6.42 Å². The third-order valence-corrected chi connectivity index (χ3v) is 5.58. The van der Waals surface area contributed by atoms with Crippen LogP contribution in [0.5, 0.6) is 0 Å². The minimum absolute atomic E-state index is 0.256. The van der Waals surface area contributed by atoms with E-state index in [4.69, 9.17) is 16.1 Å². The van der Waals surface area contributed by atoms with E-state index in [9.17, 15) is 4.79 Å². The molecule has 0 unspecified atom stereocenters. The van der Waals surface area contributed by atoms with Crippen molar-refractivity contribution in [3.8, 4) is 11.4 Å². The van der Waals surface area contributed by atoms with Crippen molar-refractivity contribution in [3.05, 3.63) is 78.2 Å². The molecule has 26 heavy (non-hydrogen) atoms. The Labute approximate surface area is 169 Å². The first-order chi connectivity index (χ1) is 12.5. The van der Waals surface area contributed by atoms with Crippen LogP contribution in [0.15, 0.2) is 60.7 Å². The van der Waals surface area contributed by atoms with E-state index in [1.165, 1.54) is 0 Å². The zero-order valence-corrected chi connectivity index (χ0v) is 17.0. The third kappa shape index (κ3) is 3.47. The normalized spacial score (nSPS) is 11.2. The predicted octanol–water partition coefficient (Wildman–Crippen LogP) is 5.35. The van der Waals surface area contributed by atoms with E-state index in [2.05, 4.69) is 47.0 Å². The maximum atomic E-state index is 12.4. The SMILES string of the molecule is O=c1[nH]c2ccc(Br)cc2cc1-c1noc(Cc2ccc(Br)c(Cl)c2)n1. The Morgan fingerprint density at radius 3 is 2.77 bits per heavy atom. The number of nitrogens with one attached hydrogen (secondary N) is 1. The van der Waals surface area contributed by atoms with Gasteiger partial charge < -0.3 is 9.51 Å². The van der Waals surface area contributed by atoms with Gasteiger partial charge in [-0.15, -0.1) is 0 Å². The Kier molecular flexibility index (Phi) is 4.69. The summed E-state index contributed by atoms with van der Waals surface area (Å²) in [7, 11) is 0. The molecule has 0 fully saturated rings. The highest BCUT2D eigenvalue weighted by atomic mass is 79.9. The van der Waals surface area contributed by atoms with E-state index in [-0.39, 0.29) is 11.4 Å². The molecule has 0 saturated heterocycles. The van der Waals surface area contributed by atoms with Crippen molar-refractivity contribution in [2.45, 2.75) is 6.42 Å². The number of nitrogens with zero attached hydrogens (tertiary/aromatic N) is 2. The van der Waals surface area contributed by atoms with Crippen molar-refractivity contribution in [1.29, 1.82) is 0 Å². The number of aromatic nitrogens is 3. The molecule has 2 aromatic carbocycles. The summed E-state index contributed by atoms with van der Waals surface area (Å²) in [6.45, 7) is 0. The number of hydrogen-bond donors (Lipinski definition) is 1. The lowest BCUT2D eigenvalue weighted by molar-refractivity contribution is 0.385. The number of aromatic amines is 1. The molecule has 0 spiro atoms. The summed E-state index contributed by atoms with van der Waals surface area (Å²) < 4.78 is 7.05. The van der Waals surface area contributed by atoms with Gasteiger partial charge in [0.2, 0.25) is 11.7 Å². The van der Waals surface area contributed by atoms with E-state index in [1.807, 2.05) is 36.4 Å². The second-order valence-electron chi connectivity index (χ2n) is 5.68. The van der Waals surface area contributed by atoms with Crippen molar-refractivity contribution in [1.82, 2.24) is 15.1 Å². The Bertz CT molecular complexity index is 1190. The second-order valence-corrected chi connectivity index (χ2v) is 7.86. The molecule has 0 aliphatic carbocycles. The van der Waals surface area contributed by atoms with Gasteiger partial charge in [0.1, 0.15) is 0 Å². The Morgan fingerprint density at radius 2 is 1.96 bits per heavy atom. The summed E-state index contributed by atoms with van der Waals surface area (Å²) in [6.07, 6.45) is 0.428. The molecule has 1 N–H and O–H groups in total. The maximum Gasteiger partial charge on any atom is 0.259 e. The van der Waals surface area contributed by atoms with Crippen LogP contribution in [0.2, 0.25) is 5.02 Å². The fourth-order valence-electron chi connectivity index (χ4n) is 2.60. The zero-order valence-electron chi connectivity index (χ0n) is 13.1. The van der Waals surface area contributed by atoms with Gasteiger partial charge in [0.15, 0.2) is 0 Å². The number of halogens is 3. The van der Waals surface area contributed by atoms with Crippen LogP contribution in [0, 0.1) is 0 Å². The van der Waals surface area contributed by atoms with Crippen molar-refractivity contribution in [3.63, 3.8) is 0 Å². The monoisotopic (exact) mass is 493 g/mol. The van der Waals surface area contributed by atoms with E-state index in [1.54, 1.807) is 6.07 Å². The lowest BCUT2D eigenvalue weighted by Gasteiger charge is -2.01. The molecule has 4 rings (SSSR count). The number of benzene rings is 2. The van der Waals surface area contributed by atoms with Crippen LogP contribution >= 0.6 is 43.5 Å². The summed E-state index contributed by atoms with van der Waals surface area (Å²) in [4.78, 5) is 19.5. The van der Waals surface area contributed by atoms with Gasteiger partial charge in [0.05, 0.1) is 17.0 Å². The molecular formula is C18H10Br2ClN3O2. The number of fused-ring (bicyclic) bond motifs is 1. The maximum absolute atomic E-state index is 12.4. The minimum atomic E-state index is -0.265. The van der Waals surface area contributed by atoms with Gasteiger partial charge in [-0.3, -0.25) is 4.79 Å². The van der Waals surface area contributed by atoms with E-state index < -0.39 is 0 Å². The first-order valence-electron chi connectivity index (χ1n) is 7.59. The fraction of sp³-hybridized carbons (Fsp3) is 0.0556. The van der Waals surface area contributed by atoms with Crippen molar-refractivity contribution in [2.75, 3.05) is 0 Å². The molecule has 0 saturated carbocycles. The van der Waals surface area contributed by atoms with E-state index >= 15 is 0 Å². The van der Waals surface area contributed by atoms with Gasteiger partial charge in [0.25, 0.3) is 5.56 Å². The molecule has 8 heteroatoms. The standard InChI is InChI=1S/C18H10Br2ClN3O2/c19-11-2-4-15-10(7-11)8-12(18(25)22-15)17-23-16(26-24-17)6-9-1-3-13(20)14(21)5-9/h1-5,7-8H,6H2,(H,22,25). The molecule has 0 aliphatic heterocycles. The Hall–Kier alpha value is -1.96. The highest BCUT2D eigenvalue weighted by molar-refractivity contribution is 9.10. The highest BCUT2D eigenvalue weighted by Crippen LogP contribution is 2.25. The molecule has 0 bridgehead atoms. The van der Waals surface area contributed by atoms with Gasteiger partial charge in [-0.25, -0.2) is 0 Å². The molecule has 130 valence electrons. The average molecular weight is 496 g/mol. The van der Waals surface area contributed by atoms with Crippen LogP contribution in [0.3, 0.4) is 0 Å². The molecule has 2 aromatic heterocycles. The highest BCUT2D eigenvalue weighted by Gasteiger charge is 2.14. The number of pyridine rings is 1. The van der Waals surface area contributed by atoms with Crippen molar-refractivity contribution >= 4 is 54.4 Å². The average Bonchev–Trinajstić information content (AvgIpc) is 3.06. The number of H-pyrrole nitrogens is 1. The van der Waals surface area contributed by atoms with Crippen LogP contribution in [-0.4, -0.2) is 15.1 Å². The van der Waals surface area contributed by atoms with Gasteiger partial charge in [-0.05, 0) is 57.9 Å². The van der Waals surface area contributed by atoms with Crippen LogP contribution in [0.4, 0.5) is 0 Å². The summed E-state index contributed by atoms with van der Waals surface area (Å²) in [5, 5.41) is 5.44. The van der Waals surface area contributed by atoms with Crippen LogP contribution in [0.25, 0.3) is 22.3 Å². The van der Waals surface area contributed by atoms with Gasteiger partial charge in [0, 0.05) is 19.8 Å². The van der Waals surface area contributed by atoms with E-state index in [0.29, 0.717) is 22.9 Å². The van der Waals surface area contributed by atoms with E-state index in [0.717, 1.165) is 25.4 Å². The molecule has 0 atom stereocenters. The van der Waals surface area contributed by atoms with Crippen LogP contribution < -0.4 is 5.56 Å². The molecular weight excluding hydrogens is 485 g/mol. The summed E-state index contributed by atoms with van der Waals surface area (Å²) >= 11 is 12.9. The van der Waals surface area contributed by atoms with Crippen LogP contribution in [0.1, 0.15) is 11.5 Å². The quantitative estimate of drug-likeness (QED) is 0.416. The molecule has 2 heterocycles. The number of rotatable bonds is 3. The fourth-order valence-corrected chi connectivity index (χ4v) is 3.43.